The largest absolute Gasteiger partial charge is 0.496 e. The van der Waals surface area contributed by atoms with E-state index in [9.17, 15) is 14.4 Å². The molecule has 1 aromatic carbocycles. The van der Waals surface area contributed by atoms with Crippen molar-refractivity contribution in [3.63, 3.8) is 0 Å². The smallest absolute Gasteiger partial charge is 0.287 e. The van der Waals surface area contributed by atoms with Gasteiger partial charge in [-0.15, -0.1) is 0 Å². The number of methoxy groups -OCH3 is 1. The molecule has 3 amide bonds. The van der Waals surface area contributed by atoms with E-state index in [1.54, 1.807) is 13.2 Å². The van der Waals surface area contributed by atoms with Gasteiger partial charge in [0.25, 0.3) is 5.91 Å². The summed E-state index contributed by atoms with van der Waals surface area (Å²) in [7, 11) is 1.57. The first kappa shape index (κ1) is 20.0. The van der Waals surface area contributed by atoms with Gasteiger partial charge in [0.05, 0.1) is 32.5 Å². The van der Waals surface area contributed by atoms with Gasteiger partial charge < -0.3 is 25.1 Å². The molecule has 0 aliphatic heterocycles. The van der Waals surface area contributed by atoms with Crippen LogP contribution in [0.15, 0.2) is 41.0 Å². The van der Waals surface area contributed by atoms with Gasteiger partial charge in [-0.25, -0.2) is 0 Å². The molecule has 3 N–H and O–H groups in total. The first-order chi connectivity index (χ1) is 12.9. The lowest BCUT2D eigenvalue weighted by Gasteiger charge is -2.18. The summed E-state index contributed by atoms with van der Waals surface area (Å²) in [5.41, 5.74) is 1.90. The molecular weight excluding hydrogens is 350 g/mol. The molecule has 2 rings (SSSR count). The first-order valence-corrected chi connectivity index (χ1v) is 8.43. The molecule has 1 heterocycles. The fourth-order valence-electron chi connectivity index (χ4n) is 2.46. The van der Waals surface area contributed by atoms with Crippen molar-refractivity contribution in [1.29, 1.82) is 0 Å². The predicted octanol–water partition coefficient (Wildman–Crippen LogP) is 1.32. The second-order valence-corrected chi connectivity index (χ2v) is 5.97. The van der Waals surface area contributed by atoms with Crippen molar-refractivity contribution in [2.45, 2.75) is 19.9 Å². The van der Waals surface area contributed by atoms with Gasteiger partial charge in [-0.1, -0.05) is 17.7 Å². The third kappa shape index (κ3) is 5.88. The fraction of sp³-hybridized carbons (Fsp3) is 0.316. The zero-order valence-corrected chi connectivity index (χ0v) is 15.5. The first-order valence-electron chi connectivity index (χ1n) is 8.43. The van der Waals surface area contributed by atoms with Crippen molar-refractivity contribution < 1.29 is 23.5 Å². The lowest BCUT2D eigenvalue weighted by Crippen LogP contribution is -2.42. The van der Waals surface area contributed by atoms with E-state index in [0.29, 0.717) is 5.75 Å². The number of rotatable bonds is 8. The van der Waals surface area contributed by atoms with Gasteiger partial charge in [0.1, 0.15) is 5.75 Å². The van der Waals surface area contributed by atoms with Crippen LogP contribution in [0.5, 0.6) is 5.75 Å². The third-order valence-corrected chi connectivity index (χ3v) is 3.83. The Balaban J connectivity index is 1.77. The molecule has 0 radical (unpaired) electrons. The minimum absolute atomic E-state index is 0.112. The van der Waals surface area contributed by atoms with Gasteiger partial charge in [0.15, 0.2) is 5.76 Å². The average Bonchev–Trinajstić information content (AvgIpc) is 3.19. The monoisotopic (exact) mass is 373 g/mol. The van der Waals surface area contributed by atoms with E-state index >= 15 is 0 Å². The van der Waals surface area contributed by atoms with Crippen LogP contribution in [0.4, 0.5) is 0 Å². The summed E-state index contributed by atoms with van der Waals surface area (Å²) in [4.78, 5) is 35.5. The van der Waals surface area contributed by atoms with E-state index in [2.05, 4.69) is 16.0 Å². The van der Waals surface area contributed by atoms with Crippen LogP contribution in [-0.2, 0) is 9.59 Å². The molecule has 0 bridgehead atoms. The molecule has 0 spiro atoms. The number of benzene rings is 1. The number of hydrogen-bond acceptors (Lipinski definition) is 5. The molecule has 0 saturated heterocycles. The third-order valence-electron chi connectivity index (χ3n) is 3.83. The van der Waals surface area contributed by atoms with Crippen molar-refractivity contribution in [3.05, 3.63) is 53.5 Å². The summed E-state index contributed by atoms with van der Waals surface area (Å²) in [5.74, 6) is -0.540. The minimum Gasteiger partial charge on any atom is -0.496 e. The van der Waals surface area contributed by atoms with Crippen LogP contribution in [-0.4, -0.2) is 37.9 Å². The van der Waals surface area contributed by atoms with Crippen molar-refractivity contribution in [3.8, 4) is 5.75 Å². The maximum atomic E-state index is 12.1. The maximum absolute atomic E-state index is 12.1. The summed E-state index contributed by atoms with van der Waals surface area (Å²) in [5, 5.41) is 7.66. The average molecular weight is 373 g/mol. The van der Waals surface area contributed by atoms with E-state index in [0.717, 1.165) is 11.1 Å². The van der Waals surface area contributed by atoms with Crippen molar-refractivity contribution in [2.24, 2.45) is 0 Å². The van der Waals surface area contributed by atoms with Crippen LogP contribution in [0.1, 0.15) is 34.6 Å². The molecule has 0 aliphatic rings. The van der Waals surface area contributed by atoms with Crippen LogP contribution >= 0.6 is 0 Å². The summed E-state index contributed by atoms with van der Waals surface area (Å²) < 4.78 is 10.2. The molecule has 8 nitrogen and oxygen atoms in total. The number of amides is 3. The number of carbonyl (C=O) groups excluding carboxylic acids is 3. The Morgan fingerprint density at radius 2 is 1.85 bits per heavy atom. The molecule has 1 atom stereocenters. The van der Waals surface area contributed by atoms with Gasteiger partial charge in [-0.2, -0.15) is 0 Å². The highest BCUT2D eigenvalue weighted by Crippen LogP contribution is 2.25. The Hall–Kier alpha value is -3.29. The van der Waals surface area contributed by atoms with E-state index in [1.807, 2.05) is 32.0 Å². The number of hydrogen-bond donors (Lipinski definition) is 3. The molecule has 1 aromatic heterocycles. The molecular formula is C19H23N3O5. The van der Waals surface area contributed by atoms with Crippen LogP contribution in [0.25, 0.3) is 0 Å². The summed E-state index contributed by atoms with van der Waals surface area (Å²) >= 11 is 0. The highest BCUT2D eigenvalue weighted by atomic mass is 16.5. The van der Waals surface area contributed by atoms with Gasteiger partial charge >= 0.3 is 0 Å². The SMILES string of the molecule is COc1ccc(C)cc1C(C)NC(=O)CNC(=O)CNC(=O)c1ccco1. The van der Waals surface area contributed by atoms with Crippen molar-refractivity contribution in [1.82, 2.24) is 16.0 Å². The second-order valence-electron chi connectivity index (χ2n) is 5.97. The van der Waals surface area contributed by atoms with Gasteiger partial charge in [-0.05, 0) is 32.0 Å². The number of ether oxygens (including phenoxy) is 1. The number of furan rings is 1. The standard InChI is InChI=1S/C19H23N3O5/c1-12-6-7-15(26-3)14(9-12)13(2)22-18(24)11-20-17(23)10-21-19(25)16-5-4-8-27-16/h4-9,13H,10-11H2,1-3H3,(H,20,23)(H,21,25)(H,22,24). The van der Waals surface area contributed by atoms with Crippen LogP contribution in [0, 0.1) is 6.92 Å². The van der Waals surface area contributed by atoms with Crippen LogP contribution in [0.2, 0.25) is 0 Å². The lowest BCUT2D eigenvalue weighted by molar-refractivity contribution is -0.125. The molecule has 2 aromatic rings. The van der Waals surface area contributed by atoms with Crippen LogP contribution < -0.4 is 20.7 Å². The zero-order chi connectivity index (χ0) is 19.8. The summed E-state index contributed by atoms with van der Waals surface area (Å²) in [6.45, 7) is 3.33. The Labute approximate surface area is 157 Å². The molecule has 8 heteroatoms. The van der Waals surface area contributed by atoms with Gasteiger partial charge in [0.2, 0.25) is 11.8 Å². The molecule has 0 fully saturated rings. The maximum Gasteiger partial charge on any atom is 0.287 e. The summed E-state index contributed by atoms with van der Waals surface area (Å²) in [6, 6.07) is 8.48. The number of carbonyl (C=O) groups is 3. The quantitative estimate of drug-likeness (QED) is 0.646. The minimum atomic E-state index is -0.500. The number of nitrogens with one attached hydrogen (secondary N) is 3. The lowest BCUT2D eigenvalue weighted by atomic mass is 10.0. The van der Waals surface area contributed by atoms with Gasteiger partial charge in [0, 0.05) is 5.56 Å². The highest BCUT2D eigenvalue weighted by molar-refractivity contribution is 5.94. The van der Waals surface area contributed by atoms with Gasteiger partial charge in [-0.3, -0.25) is 14.4 Å². The topological polar surface area (TPSA) is 110 Å². The molecule has 144 valence electrons. The molecule has 1 unspecified atom stereocenters. The Kier molecular flexibility index (Phi) is 6.99. The molecule has 0 aliphatic carbocycles. The highest BCUT2D eigenvalue weighted by Gasteiger charge is 2.15. The van der Waals surface area contributed by atoms with E-state index in [1.165, 1.54) is 12.3 Å². The molecule has 0 saturated carbocycles. The van der Waals surface area contributed by atoms with E-state index in [4.69, 9.17) is 9.15 Å². The predicted molar refractivity (Wildman–Crippen MR) is 98.3 cm³/mol. The molecule has 27 heavy (non-hydrogen) atoms. The van der Waals surface area contributed by atoms with E-state index < -0.39 is 11.8 Å². The van der Waals surface area contributed by atoms with Crippen molar-refractivity contribution >= 4 is 17.7 Å². The Morgan fingerprint density at radius 1 is 1.11 bits per heavy atom. The Morgan fingerprint density at radius 3 is 2.52 bits per heavy atom. The normalized spacial score (nSPS) is 11.4. The Bertz CT molecular complexity index is 802. The van der Waals surface area contributed by atoms with E-state index in [-0.39, 0.29) is 30.8 Å². The van der Waals surface area contributed by atoms with Crippen LogP contribution in [0.3, 0.4) is 0 Å². The fourth-order valence-corrected chi connectivity index (χ4v) is 2.46. The second kappa shape index (κ2) is 9.42. The zero-order valence-electron chi connectivity index (χ0n) is 15.5. The summed E-state index contributed by atoms with van der Waals surface area (Å²) in [6.07, 6.45) is 1.36. The number of aryl methyl sites for hydroxylation is 1. The van der Waals surface area contributed by atoms with Crippen molar-refractivity contribution in [2.75, 3.05) is 20.2 Å².